The maximum absolute atomic E-state index is 4.14. The van der Waals surface area contributed by atoms with Gasteiger partial charge in [0.25, 0.3) is 0 Å². The first kappa shape index (κ1) is 33.9. The summed E-state index contributed by atoms with van der Waals surface area (Å²) in [7, 11) is 0. The fourth-order valence-corrected chi connectivity index (χ4v) is 7.07. The third-order valence-corrected chi connectivity index (χ3v) is 9.81. The summed E-state index contributed by atoms with van der Waals surface area (Å²) in [6.45, 7) is 0. The van der Waals surface area contributed by atoms with E-state index < -0.39 is 0 Å². The van der Waals surface area contributed by atoms with Crippen LogP contribution in [0.3, 0.4) is 0 Å². The molecule has 0 fully saturated rings. The van der Waals surface area contributed by atoms with Crippen LogP contribution in [0.25, 0.3) is 43.6 Å². The van der Waals surface area contributed by atoms with Crippen molar-refractivity contribution in [1.29, 1.82) is 0 Å². The van der Waals surface area contributed by atoms with Crippen molar-refractivity contribution in [2.45, 2.75) is 0 Å². The van der Waals surface area contributed by atoms with Gasteiger partial charge >= 0.3 is 0 Å². The Kier molecular flexibility index (Phi) is 8.68. The lowest BCUT2D eigenvalue weighted by atomic mass is 10.1. The molecule has 0 spiro atoms. The molecule has 6 heteroatoms. The van der Waals surface area contributed by atoms with Crippen molar-refractivity contribution in [1.82, 2.24) is 29.3 Å². The zero-order valence-corrected chi connectivity index (χ0v) is 30.8. The Morgan fingerprint density at radius 3 is 0.672 bits per heavy atom. The summed E-state index contributed by atoms with van der Waals surface area (Å²) < 4.78 is 4.61. The summed E-state index contributed by atoms with van der Waals surface area (Å²) in [4.78, 5) is 16.5. The van der Waals surface area contributed by atoms with Crippen molar-refractivity contribution in [3.05, 3.63) is 215 Å². The summed E-state index contributed by atoms with van der Waals surface area (Å²) in [6.07, 6.45) is 14.1. The minimum absolute atomic E-state index is 0.908. The molecule has 10 aromatic rings. The molecule has 0 saturated carbocycles. The van der Waals surface area contributed by atoms with Crippen LogP contribution in [0.1, 0.15) is 44.5 Å². The molecule has 6 aromatic heterocycles. The number of fused-ring (bicyclic) bond motifs is 6. The molecule has 6 nitrogen and oxygen atoms in total. The number of nitrogens with zero attached hydrogens (tertiary/aromatic N) is 6. The van der Waals surface area contributed by atoms with Gasteiger partial charge in [-0.2, -0.15) is 0 Å². The molecule has 10 rings (SSSR count). The second kappa shape index (κ2) is 14.9. The lowest BCUT2D eigenvalue weighted by Crippen LogP contribution is -2.08. The Morgan fingerprint density at radius 2 is 0.448 bits per heavy atom. The normalized spacial score (nSPS) is 10.6. The second-order valence-corrected chi connectivity index (χ2v) is 13.5. The highest BCUT2D eigenvalue weighted by Crippen LogP contribution is 2.36. The molecule has 0 N–H and O–H groups in total. The first-order valence-corrected chi connectivity index (χ1v) is 18.6. The van der Waals surface area contributed by atoms with Gasteiger partial charge in [-0.15, -0.1) is 0 Å². The minimum atomic E-state index is 0.908. The van der Waals surface area contributed by atoms with E-state index in [0.29, 0.717) is 0 Å². The third kappa shape index (κ3) is 6.68. The standard InChI is InChI=1S/C52H28N6/c1(37-17-25-53-26-18-37)5-41-9-13-49-45(33-41)46-34-42(6-2-38-19-27-54-28-20-38)10-14-50(46)57(49)58-51-15-11-43(7-3-39-21-29-55-30-22-39)35-47(51)48-36-44(12-16-52(48)58)8-4-40-23-31-56-32-24-40/h9-36H. The van der Waals surface area contributed by atoms with E-state index >= 15 is 0 Å². The van der Waals surface area contributed by atoms with Gasteiger partial charge in [-0.1, -0.05) is 47.4 Å². The van der Waals surface area contributed by atoms with Gasteiger partial charge in [-0.25, -0.2) is 9.35 Å². The molecule has 0 aliphatic rings. The smallest absolute Gasteiger partial charge is 0.0717 e. The van der Waals surface area contributed by atoms with E-state index in [1.807, 2.05) is 48.5 Å². The van der Waals surface area contributed by atoms with Gasteiger partial charge in [0, 0.05) is 116 Å². The van der Waals surface area contributed by atoms with Gasteiger partial charge in [0.1, 0.15) is 0 Å². The van der Waals surface area contributed by atoms with Crippen molar-refractivity contribution in [3.8, 4) is 47.4 Å². The van der Waals surface area contributed by atoms with Crippen LogP contribution < -0.4 is 0 Å². The fourth-order valence-electron chi connectivity index (χ4n) is 7.07. The Bertz CT molecular complexity index is 2980. The Morgan fingerprint density at radius 1 is 0.241 bits per heavy atom. The number of pyridine rings is 4. The molecular weight excluding hydrogens is 709 g/mol. The summed E-state index contributed by atoms with van der Waals surface area (Å²) in [5.41, 5.74) is 11.4. The average Bonchev–Trinajstić information content (AvgIpc) is 3.78. The minimum Gasteiger partial charge on any atom is -0.265 e. The van der Waals surface area contributed by atoms with Gasteiger partial charge < -0.3 is 0 Å². The van der Waals surface area contributed by atoms with Crippen molar-refractivity contribution < 1.29 is 0 Å². The monoisotopic (exact) mass is 736 g/mol. The highest BCUT2D eigenvalue weighted by atomic mass is 15.5. The van der Waals surface area contributed by atoms with Gasteiger partial charge in [-0.3, -0.25) is 19.9 Å². The Hall–Kier alpha value is -8.68. The number of hydrogen-bond donors (Lipinski definition) is 0. The summed E-state index contributed by atoms with van der Waals surface area (Å²) in [6, 6.07) is 41.0. The molecule has 0 aliphatic carbocycles. The molecule has 0 amide bonds. The van der Waals surface area contributed by atoms with Gasteiger partial charge in [0.15, 0.2) is 0 Å². The van der Waals surface area contributed by atoms with E-state index in [2.05, 4.69) is 149 Å². The van der Waals surface area contributed by atoms with E-state index in [1.54, 1.807) is 49.6 Å². The first-order chi connectivity index (χ1) is 28.7. The second-order valence-electron chi connectivity index (χ2n) is 13.5. The molecule has 0 atom stereocenters. The van der Waals surface area contributed by atoms with Crippen molar-refractivity contribution in [2.24, 2.45) is 0 Å². The van der Waals surface area contributed by atoms with E-state index in [-0.39, 0.29) is 0 Å². The maximum atomic E-state index is 4.14. The molecule has 4 aromatic carbocycles. The van der Waals surface area contributed by atoms with Crippen LogP contribution in [-0.2, 0) is 0 Å². The predicted molar refractivity (Wildman–Crippen MR) is 231 cm³/mol. The van der Waals surface area contributed by atoms with Gasteiger partial charge in [0.05, 0.1) is 22.1 Å². The summed E-state index contributed by atoms with van der Waals surface area (Å²) in [5.74, 6) is 26.7. The quantitative estimate of drug-likeness (QED) is 0.158. The molecule has 0 aliphatic heterocycles. The topological polar surface area (TPSA) is 61.4 Å². The van der Waals surface area contributed by atoms with Gasteiger partial charge in [0.2, 0.25) is 0 Å². The Labute approximate surface area is 334 Å². The van der Waals surface area contributed by atoms with Crippen LogP contribution in [0.4, 0.5) is 0 Å². The maximum Gasteiger partial charge on any atom is 0.0717 e. The van der Waals surface area contributed by atoms with Crippen LogP contribution >= 0.6 is 0 Å². The van der Waals surface area contributed by atoms with Crippen LogP contribution in [0.5, 0.6) is 0 Å². The fraction of sp³-hybridized carbons (Fsp3) is 0. The summed E-state index contributed by atoms with van der Waals surface area (Å²) >= 11 is 0. The van der Waals surface area contributed by atoms with Crippen LogP contribution in [-0.4, -0.2) is 29.3 Å². The van der Waals surface area contributed by atoms with E-state index in [9.17, 15) is 0 Å². The zero-order chi connectivity index (χ0) is 38.7. The molecule has 0 bridgehead atoms. The van der Waals surface area contributed by atoms with Crippen molar-refractivity contribution >= 4 is 43.6 Å². The largest absolute Gasteiger partial charge is 0.265 e. The Balaban J connectivity index is 1.20. The van der Waals surface area contributed by atoms with Crippen molar-refractivity contribution in [3.63, 3.8) is 0 Å². The molecule has 0 unspecified atom stereocenters. The first-order valence-electron chi connectivity index (χ1n) is 18.6. The number of rotatable bonds is 1. The number of aromatic nitrogens is 6. The highest BCUT2D eigenvalue weighted by Gasteiger charge is 2.19. The molecule has 0 saturated heterocycles. The summed E-state index contributed by atoms with van der Waals surface area (Å²) in [5, 5.41) is 4.27. The predicted octanol–water partition coefficient (Wildman–Crippen LogP) is 9.39. The molecule has 6 heterocycles. The van der Waals surface area contributed by atoms with Crippen LogP contribution in [0.2, 0.25) is 0 Å². The van der Waals surface area contributed by atoms with Crippen molar-refractivity contribution in [2.75, 3.05) is 0 Å². The third-order valence-electron chi connectivity index (χ3n) is 9.81. The van der Waals surface area contributed by atoms with E-state index in [4.69, 9.17) is 0 Å². The zero-order valence-electron chi connectivity index (χ0n) is 30.8. The molecular formula is C52H28N6. The van der Waals surface area contributed by atoms with E-state index in [1.165, 1.54) is 0 Å². The van der Waals surface area contributed by atoms with Crippen LogP contribution in [0.15, 0.2) is 171 Å². The SMILES string of the molecule is C(#Cc1ccc2c(c1)c1cc(C#Cc3ccncc3)ccc1n2-n1c2ccc(C#Cc3ccncc3)cc2c2cc(C#Cc3ccncc3)ccc21)c1ccncc1. The highest BCUT2D eigenvalue weighted by molar-refractivity contribution is 6.12. The van der Waals surface area contributed by atoms with Gasteiger partial charge in [-0.05, 0) is 121 Å². The number of benzene rings is 4. The molecule has 58 heavy (non-hydrogen) atoms. The molecule has 0 radical (unpaired) electrons. The number of hydrogen-bond acceptors (Lipinski definition) is 4. The lowest BCUT2D eigenvalue weighted by Gasteiger charge is -2.13. The van der Waals surface area contributed by atoms with Crippen LogP contribution in [0, 0.1) is 47.4 Å². The lowest BCUT2D eigenvalue weighted by molar-refractivity contribution is 0.775. The van der Waals surface area contributed by atoms with E-state index in [0.717, 1.165) is 88.1 Å². The average molecular weight is 737 g/mol. The molecule has 266 valence electrons.